The summed E-state index contributed by atoms with van der Waals surface area (Å²) < 4.78 is 0. The summed E-state index contributed by atoms with van der Waals surface area (Å²) in [6.45, 7) is 4.31. The van der Waals surface area contributed by atoms with E-state index in [1.165, 1.54) is 43.7 Å². The van der Waals surface area contributed by atoms with Crippen LogP contribution in [-0.4, -0.2) is 29.5 Å². The molecule has 0 aliphatic carbocycles. The summed E-state index contributed by atoms with van der Waals surface area (Å²) in [7, 11) is 0. The molecule has 1 aliphatic rings. The van der Waals surface area contributed by atoms with Crippen molar-refractivity contribution in [1.82, 2.24) is 9.88 Å². The van der Waals surface area contributed by atoms with Crippen LogP contribution in [0.25, 0.3) is 0 Å². The van der Waals surface area contributed by atoms with Crippen LogP contribution < -0.4 is 5.73 Å². The van der Waals surface area contributed by atoms with Crippen LogP contribution in [0.1, 0.15) is 30.7 Å². The van der Waals surface area contributed by atoms with Crippen LogP contribution in [0.5, 0.6) is 0 Å². The van der Waals surface area contributed by atoms with Crippen molar-refractivity contribution >= 4 is 0 Å². The number of rotatable bonds is 4. The van der Waals surface area contributed by atoms with E-state index in [0.29, 0.717) is 0 Å². The summed E-state index contributed by atoms with van der Waals surface area (Å²) in [5.41, 5.74) is 8.13. The molecule has 0 amide bonds. The standard InChI is InChI=1S/C12H21N3/c13-7-6-11-4-5-12(14-11)10-15-8-2-1-3-9-15/h4-5,14H,1-3,6-10,13H2. The Balaban J connectivity index is 1.86. The fourth-order valence-electron chi connectivity index (χ4n) is 2.24. The monoisotopic (exact) mass is 207 g/mol. The average molecular weight is 207 g/mol. The van der Waals surface area contributed by atoms with Crippen LogP contribution >= 0.6 is 0 Å². The van der Waals surface area contributed by atoms with Gasteiger partial charge in [-0.15, -0.1) is 0 Å². The van der Waals surface area contributed by atoms with Crippen molar-refractivity contribution in [3.63, 3.8) is 0 Å². The van der Waals surface area contributed by atoms with Gasteiger partial charge < -0.3 is 10.7 Å². The Kier molecular flexibility index (Phi) is 3.80. The lowest BCUT2D eigenvalue weighted by molar-refractivity contribution is 0.219. The molecule has 1 aromatic rings. The quantitative estimate of drug-likeness (QED) is 0.786. The van der Waals surface area contributed by atoms with Gasteiger partial charge in [-0.25, -0.2) is 0 Å². The van der Waals surface area contributed by atoms with Crippen molar-refractivity contribution < 1.29 is 0 Å². The third kappa shape index (κ3) is 3.08. The van der Waals surface area contributed by atoms with E-state index in [2.05, 4.69) is 22.0 Å². The first kappa shape index (κ1) is 10.7. The summed E-state index contributed by atoms with van der Waals surface area (Å²) >= 11 is 0. The van der Waals surface area contributed by atoms with Crippen LogP contribution in [0.2, 0.25) is 0 Å². The third-order valence-electron chi connectivity index (χ3n) is 3.06. The molecule has 0 saturated carbocycles. The number of likely N-dealkylation sites (tertiary alicyclic amines) is 1. The number of nitrogens with zero attached hydrogens (tertiary/aromatic N) is 1. The Morgan fingerprint density at radius 3 is 2.60 bits per heavy atom. The van der Waals surface area contributed by atoms with Gasteiger partial charge in [-0.3, -0.25) is 4.90 Å². The summed E-state index contributed by atoms with van der Waals surface area (Å²) in [4.78, 5) is 5.97. The molecule has 15 heavy (non-hydrogen) atoms. The van der Waals surface area contributed by atoms with Crippen molar-refractivity contribution in [2.24, 2.45) is 5.73 Å². The lowest BCUT2D eigenvalue weighted by atomic mass is 10.1. The molecule has 3 N–H and O–H groups in total. The molecule has 0 atom stereocenters. The van der Waals surface area contributed by atoms with E-state index in [0.717, 1.165) is 19.5 Å². The van der Waals surface area contributed by atoms with Gasteiger partial charge in [0.15, 0.2) is 0 Å². The number of aromatic amines is 1. The van der Waals surface area contributed by atoms with Crippen molar-refractivity contribution in [2.75, 3.05) is 19.6 Å². The second-order valence-corrected chi connectivity index (χ2v) is 4.38. The number of hydrogen-bond acceptors (Lipinski definition) is 2. The Morgan fingerprint density at radius 2 is 1.87 bits per heavy atom. The first-order valence-corrected chi connectivity index (χ1v) is 5.97. The normalized spacial score (nSPS) is 18.2. The number of piperidine rings is 1. The SMILES string of the molecule is NCCc1ccc(CN2CCCCC2)[nH]1. The molecule has 3 nitrogen and oxygen atoms in total. The van der Waals surface area contributed by atoms with Gasteiger partial charge in [-0.05, 0) is 51.0 Å². The number of aromatic nitrogens is 1. The smallest absolute Gasteiger partial charge is 0.0385 e. The maximum Gasteiger partial charge on any atom is 0.0385 e. The maximum absolute atomic E-state index is 5.52. The highest BCUT2D eigenvalue weighted by molar-refractivity contribution is 5.13. The molecule has 1 fully saturated rings. The number of H-pyrrole nitrogens is 1. The first-order chi connectivity index (χ1) is 7.38. The Labute approximate surface area is 91.7 Å². The zero-order valence-electron chi connectivity index (χ0n) is 9.34. The molecule has 2 heterocycles. The van der Waals surface area contributed by atoms with Gasteiger partial charge in [0.2, 0.25) is 0 Å². The van der Waals surface area contributed by atoms with Gasteiger partial charge in [0.1, 0.15) is 0 Å². The summed E-state index contributed by atoms with van der Waals surface area (Å²) in [6, 6.07) is 4.35. The molecule has 0 bridgehead atoms. The maximum atomic E-state index is 5.52. The van der Waals surface area contributed by atoms with Gasteiger partial charge in [-0.2, -0.15) is 0 Å². The third-order valence-corrected chi connectivity index (χ3v) is 3.06. The van der Waals surface area contributed by atoms with Crippen LogP contribution in [-0.2, 0) is 13.0 Å². The molecule has 0 radical (unpaired) electrons. The summed E-state index contributed by atoms with van der Waals surface area (Å²) in [5.74, 6) is 0. The molecule has 0 unspecified atom stereocenters. The molecular weight excluding hydrogens is 186 g/mol. The highest BCUT2D eigenvalue weighted by atomic mass is 15.1. The van der Waals surface area contributed by atoms with Crippen LogP contribution in [0.3, 0.4) is 0 Å². The second kappa shape index (κ2) is 5.33. The fraction of sp³-hybridized carbons (Fsp3) is 0.667. The van der Waals surface area contributed by atoms with Gasteiger partial charge in [-0.1, -0.05) is 6.42 Å². The second-order valence-electron chi connectivity index (χ2n) is 4.38. The molecular formula is C12H21N3. The zero-order valence-corrected chi connectivity index (χ0v) is 9.34. The molecule has 0 spiro atoms. The van der Waals surface area contributed by atoms with E-state index in [1.54, 1.807) is 0 Å². The van der Waals surface area contributed by atoms with E-state index in [-0.39, 0.29) is 0 Å². The van der Waals surface area contributed by atoms with E-state index in [1.807, 2.05) is 0 Å². The Morgan fingerprint density at radius 1 is 1.13 bits per heavy atom. The van der Waals surface area contributed by atoms with Crippen LogP contribution in [0, 0.1) is 0 Å². The fourth-order valence-corrected chi connectivity index (χ4v) is 2.24. The predicted molar refractivity (Wildman–Crippen MR) is 62.7 cm³/mol. The van der Waals surface area contributed by atoms with Crippen LogP contribution in [0.4, 0.5) is 0 Å². The average Bonchev–Trinajstić information content (AvgIpc) is 2.68. The van der Waals surface area contributed by atoms with E-state index in [4.69, 9.17) is 5.73 Å². The molecule has 0 aromatic carbocycles. The molecule has 2 rings (SSSR count). The van der Waals surface area contributed by atoms with Gasteiger partial charge >= 0.3 is 0 Å². The predicted octanol–water partition coefficient (Wildman–Crippen LogP) is 1.50. The molecule has 1 aliphatic heterocycles. The van der Waals surface area contributed by atoms with Gasteiger partial charge in [0.05, 0.1) is 0 Å². The highest BCUT2D eigenvalue weighted by Gasteiger charge is 2.10. The molecule has 1 saturated heterocycles. The number of nitrogens with one attached hydrogen (secondary N) is 1. The van der Waals surface area contributed by atoms with Crippen molar-refractivity contribution in [2.45, 2.75) is 32.2 Å². The minimum absolute atomic E-state index is 0.726. The number of nitrogens with two attached hydrogens (primary N) is 1. The minimum Gasteiger partial charge on any atom is -0.361 e. The van der Waals surface area contributed by atoms with E-state index in [9.17, 15) is 0 Å². The van der Waals surface area contributed by atoms with Gasteiger partial charge in [0.25, 0.3) is 0 Å². The first-order valence-electron chi connectivity index (χ1n) is 5.97. The minimum atomic E-state index is 0.726. The molecule has 84 valence electrons. The lowest BCUT2D eigenvalue weighted by Crippen LogP contribution is -2.29. The summed E-state index contributed by atoms with van der Waals surface area (Å²) in [5, 5.41) is 0. The number of hydrogen-bond donors (Lipinski definition) is 2. The Hall–Kier alpha value is -0.800. The van der Waals surface area contributed by atoms with Crippen LogP contribution in [0.15, 0.2) is 12.1 Å². The van der Waals surface area contributed by atoms with E-state index >= 15 is 0 Å². The largest absolute Gasteiger partial charge is 0.361 e. The Bertz CT molecular complexity index is 287. The van der Waals surface area contributed by atoms with Crippen molar-refractivity contribution in [3.05, 3.63) is 23.5 Å². The summed E-state index contributed by atoms with van der Waals surface area (Å²) in [6.07, 6.45) is 5.08. The topological polar surface area (TPSA) is 45.0 Å². The van der Waals surface area contributed by atoms with Crippen molar-refractivity contribution in [1.29, 1.82) is 0 Å². The molecule has 3 heteroatoms. The molecule has 1 aromatic heterocycles. The highest BCUT2D eigenvalue weighted by Crippen LogP contribution is 2.12. The van der Waals surface area contributed by atoms with Gasteiger partial charge in [0, 0.05) is 17.9 Å². The zero-order chi connectivity index (χ0) is 10.5. The van der Waals surface area contributed by atoms with Crippen molar-refractivity contribution in [3.8, 4) is 0 Å². The lowest BCUT2D eigenvalue weighted by Gasteiger charge is -2.25. The van der Waals surface area contributed by atoms with E-state index < -0.39 is 0 Å².